The van der Waals surface area contributed by atoms with Crippen molar-refractivity contribution in [1.29, 1.82) is 0 Å². The smallest absolute Gasteiger partial charge is 0.338 e. The molecule has 0 spiro atoms. The fourth-order valence-corrected chi connectivity index (χ4v) is 4.63. The van der Waals surface area contributed by atoms with Crippen LogP contribution in [0.5, 0.6) is 0 Å². The number of esters is 1. The molecule has 0 unspecified atom stereocenters. The van der Waals surface area contributed by atoms with Crippen LogP contribution < -0.4 is 4.72 Å². The molecular weight excluding hydrogens is 452 g/mol. The van der Waals surface area contributed by atoms with E-state index in [4.69, 9.17) is 9.15 Å². The van der Waals surface area contributed by atoms with E-state index < -0.39 is 16.0 Å². The van der Waals surface area contributed by atoms with E-state index in [0.29, 0.717) is 17.8 Å². The number of ether oxygens (including phenoxy) is 1. The van der Waals surface area contributed by atoms with Gasteiger partial charge in [0, 0.05) is 6.42 Å². The number of oxazole rings is 1. The SMILES string of the molecule is COC(=O)c1cc(NS(=O)(=O)c2ccc(C(C)(C)C)cc2)c2oc(Cc3ccccc3)nc2c1. The third-order valence-corrected chi connectivity index (χ3v) is 6.81. The summed E-state index contributed by atoms with van der Waals surface area (Å²) in [5.74, 6) is -0.206. The van der Waals surface area contributed by atoms with Crippen molar-refractivity contribution in [2.75, 3.05) is 11.8 Å². The number of methoxy groups -OCH3 is 1. The summed E-state index contributed by atoms with van der Waals surface area (Å²) < 4.78 is 39.6. The second-order valence-corrected chi connectivity index (χ2v) is 10.7. The summed E-state index contributed by atoms with van der Waals surface area (Å²) >= 11 is 0. The fraction of sp³-hybridized carbons (Fsp3) is 0.231. The van der Waals surface area contributed by atoms with Crippen LogP contribution >= 0.6 is 0 Å². The normalized spacial score (nSPS) is 12.0. The Morgan fingerprint density at radius 3 is 2.32 bits per heavy atom. The van der Waals surface area contributed by atoms with Crippen molar-refractivity contribution >= 4 is 32.8 Å². The van der Waals surface area contributed by atoms with Gasteiger partial charge in [-0.25, -0.2) is 18.2 Å². The van der Waals surface area contributed by atoms with Crippen LogP contribution in [0, 0.1) is 0 Å². The molecule has 1 aromatic heterocycles. The van der Waals surface area contributed by atoms with E-state index >= 15 is 0 Å². The molecule has 0 bridgehead atoms. The minimum absolute atomic E-state index is 0.0983. The number of sulfonamides is 1. The average molecular weight is 479 g/mol. The lowest BCUT2D eigenvalue weighted by Gasteiger charge is -2.19. The Labute approximate surface area is 198 Å². The van der Waals surface area contributed by atoms with Crippen molar-refractivity contribution in [2.45, 2.75) is 37.5 Å². The Morgan fingerprint density at radius 2 is 1.71 bits per heavy atom. The summed E-state index contributed by atoms with van der Waals surface area (Å²) in [4.78, 5) is 16.8. The first-order valence-electron chi connectivity index (χ1n) is 10.8. The molecule has 0 aliphatic rings. The third-order valence-electron chi connectivity index (χ3n) is 5.43. The maximum Gasteiger partial charge on any atom is 0.338 e. The Balaban J connectivity index is 1.74. The number of benzene rings is 3. The summed E-state index contributed by atoms with van der Waals surface area (Å²) in [7, 11) is -2.70. The van der Waals surface area contributed by atoms with Crippen molar-refractivity contribution in [1.82, 2.24) is 4.98 Å². The van der Waals surface area contributed by atoms with Gasteiger partial charge >= 0.3 is 5.97 Å². The van der Waals surface area contributed by atoms with E-state index in [-0.39, 0.29) is 27.1 Å². The molecule has 0 saturated heterocycles. The predicted octanol–water partition coefficient (Wildman–Crippen LogP) is 5.30. The van der Waals surface area contributed by atoms with Gasteiger partial charge in [-0.2, -0.15) is 0 Å². The quantitative estimate of drug-likeness (QED) is 0.378. The summed E-state index contributed by atoms with van der Waals surface area (Å²) in [5, 5.41) is 0. The largest absolute Gasteiger partial charge is 0.465 e. The molecular formula is C26H26N2O5S. The monoisotopic (exact) mass is 478 g/mol. The molecule has 0 radical (unpaired) electrons. The van der Waals surface area contributed by atoms with Crippen LogP contribution in [0.1, 0.15) is 48.1 Å². The van der Waals surface area contributed by atoms with Gasteiger partial charge in [0.05, 0.1) is 23.3 Å². The molecule has 4 rings (SSSR count). The molecule has 8 heteroatoms. The summed E-state index contributed by atoms with van der Waals surface area (Å²) in [6, 6.07) is 19.3. The molecule has 3 aromatic carbocycles. The first-order chi connectivity index (χ1) is 16.1. The van der Waals surface area contributed by atoms with Crippen LogP contribution in [-0.2, 0) is 26.6 Å². The Bertz CT molecular complexity index is 1430. The van der Waals surface area contributed by atoms with E-state index in [9.17, 15) is 13.2 Å². The Kier molecular flexibility index (Phi) is 6.18. The number of hydrogen-bond acceptors (Lipinski definition) is 6. The van der Waals surface area contributed by atoms with Gasteiger partial charge in [0.25, 0.3) is 10.0 Å². The predicted molar refractivity (Wildman–Crippen MR) is 131 cm³/mol. The molecule has 0 saturated carbocycles. The second-order valence-electron chi connectivity index (χ2n) is 9.01. The maximum atomic E-state index is 13.2. The van der Waals surface area contributed by atoms with E-state index in [1.165, 1.54) is 19.2 Å². The van der Waals surface area contributed by atoms with Crippen molar-refractivity contribution < 1.29 is 22.4 Å². The van der Waals surface area contributed by atoms with E-state index in [2.05, 4.69) is 30.5 Å². The van der Waals surface area contributed by atoms with Crippen molar-refractivity contribution in [3.05, 3.63) is 89.3 Å². The van der Waals surface area contributed by atoms with Gasteiger partial charge in [-0.05, 0) is 40.8 Å². The summed E-state index contributed by atoms with van der Waals surface area (Å²) in [5.41, 5.74) is 2.78. The molecule has 0 aliphatic heterocycles. The highest BCUT2D eigenvalue weighted by molar-refractivity contribution is 7.92. The number of aromatic nitrogens is 1. The fourth-order valence-electron chi connectivity index (χ4n) is 3.57. The van der Waals surface area contributed by atoms with Crippen LogP contribution in [0.2, 0.25) is 0 Å². The molecule has 176 valence electrons. The number of hydrogen-bond donors (Lipinski definition) is 1. The van der Waals surface area contributed by atoms with E-state index in [1.807, 2.05) is 30.3 Å². The minimum Gasteiger partial charge on any atom is -0.465 e. The van der Waals surface area contributed by atoms with Gasteiger partial charge in [0.15, 0.2) is 11.5 Å². The highest BCUT2D eigenvalue weighted by Crippen LogP contribution is 2.30. The molecule has 1 heterocycles. The molecule has 0 fully saturated rings. The van der Waals surface area contributed by atoms with Gasteiger partial charge in [-0.3, -0.25) is 4.72 Å². The first kappa shape index (κ1) is 23.5. The van der Waals surface area contributed by atoms with Crippen LogP contribution in [0.15, 0.2) is 76.0 Å². The zero-order valence-corrected chi connectivity index (χ0v) is 20.3. The highest BCUT2D eigenvalue weighted by Gasteiger charge is 2.22. The maximum absolute atomic E-state index is 13.2. The zero-order chi connectivity index (χ0) is 24.5. The third kappa shape index (κ3) is 4.97. The van der Waals surface area contributed by atoms with Crippen LogP contribution in [0.4, 0.5) is 5.69 Å². The van der Waals surface area contributed by atoms with Gasteiger partial charge in [-0.1, -0.05) is 63.2 Å². The Hall–Kier alpha value is -3.65. The van der Waals surface area contributed by atoms with Crippen molar-refractivity contribution in [3.8, 4) is 0 Å². The molecule has 4 aromatic rings. The molecule has 0 aliphatic carbocycles. The second kappa shape index (κ2) is 8.95. The van der Waals surface area contributed by atoms with E-state index in [0.717, 1.165) is 11.1 Å². The number of anilines is 1. The summed E-state index contributed by atoms with van der Waals surface area (Å²) in [6.45, 7) is 6.17. The molecule has 7 nitrogen and oxygen atoms in total. The topological polar surface area (TPSA) is 98.5 Å². The number of carbonyl (C=O) groups is 1. The lowest BCUT2D eigenvalue weighted by atomic mass is 9.87. The number of rotatable bonds is 6. The number of nitrogens with zero attached hydrogens (tertiary/aromatic N) is 1. The van der Waals surface area contributed by atoms with Gasteiger partial charge in [0.1, 0.15) is 5.52 Å². The lowest BCUT2D eigenvalue weighted by molar-refractivity contribution is 0.0601. The standard InChI is InChI=1S/C26H26N2O5S/c1-26(2,3)19-10-12-20(13-11-19)34(30,31)28-22-16-18(25(29)32-4)15-21-24(22)33-23(27-21)14-17-8-6-5-7-9-17/h5-13,15-16,28H,14H2,1-4H3. The van der Waals surface area contributed by atoms with E-state index in [1.54, 1.807) is 24.3 Å². The summed E-state index contributed by atoms with van der Waals surface area (Å²) in [6.07, 6.45) is 0.420. The molecule has 0 atom stereocenters. The Morgan fingerprint density at radius 1 is 1.03 bits per heavy atom. The minimum atomic E-state index is -3.96. The first-order valence-corrected chi connectivity index (χ1v) is 12.2. The number of fused-ring (bicyclic) bond motifs is 1. The van der Waals surface area contributed by atoms with Gasteiger partial charge in [0.2, 0.25) is 0 Å². The van der Waals surface area contributed by atoms with Gasteiger partial charge < -0.3 is 9.15 Å². The molecule has 0 amide bonds. The van der Waals surface area contributed by atoms with Crippen LogP contribution in [-0.4, -0.2) is 26.5 Å². The van der Waals surface area contributed by atoms with Crippen LogP contribution in [0.3, 0.4) is 0 Å². The highest BCUT2D eigenvalue weighted by atomic mass is 32.2. The molecule has 1 N–H and O–H groups in total. The molecule has 34 heavy (non-hydrogen) atoms. The van der Waals surface area contributed by atoms with Crippen LogP contribution in [0.25, 0.3) is 11.1 Å². The zero-order valence-electron chi connectivity index (χ0n) is 19.5. The number of nitrogens with one attached hydrogen (secondary N) is 1. The number of carbonyl (C=O) groups excluding carboxylic acids is 1. The lowest BCUT2D eigenvalue weighted by Crippen LogP contribution is -2.15. The van der Waals surface area contributed by atoms with Crippen molar-refractivity contribution in [3.63, 3.8) is 0 Å². The van der Waals surface area contributed by atoms with Gasteiger partial charge in [-0.15, -0.1) is 0 Å². The average Bonchev–Trinajstić information content (AvgIpc) is 3.21. The van der Waals surface area contributed by atoms with Crippen molar-refractivity contribution in [2.24, 2.45) is 0 Å².